The molecule has 2 heterocycles. The molecule has 2 nitrogen and oxygen atoms in total. The molecule has 0 amide bonds. The molecule has 0 N–H and O–H groups in total. The number of likely N-dealkylation sites (tertiary alicyclic amines) is 2. The van der Waals surface area contributed by atoms with Crippen LogP contribution in [0.2, 0.25) is 0 Å². The lowest BCUT2D eigenvalue weighted by molar-refractivity contribution is 0.0616. The van der Waals surface area contributed by atoms with Crippen molar-refractivity contribution in [2.24, 2.45) is 35.5 Å². The van der Waals surface area contributed by atoms with E-state index >= 15 is 0 Å². The predicted molar refractivity (Wildman–Crippen MR) is 125 cm³/mol. The quantitative estimate of drug-likeness (QED) is 0.533. The third kappa shape index (κ3) is 3.17. The molecule has 2 heteroatoms. The highest BCUT2D eigenvalue weighted by molar-refractivity contribution is 5.07. The summed E-state index contributed by atoms with van der Waals surface area (Å²) in [6.45, 7) is 7.54. The molecule has 6 rings (SSSR count). The van der Waals surface area contributed by atoms with Gasteiger partial charge in [-0.2, -0.15) is 0 Å². The van der Waals surface area contributed by atoms with E-state index in [0.29, 0.717) is 0 Å². The molecule has 4 aliphatic carbocycles. The van der Waals surface area contributed by atoms with Gasteiger partial charge in [-0.15, -0.1) is 0 Å². The molecule has 30 heavy (non-hydrogen) atoms. The van der Waals surface area contributed by atoms with E-state index < -0.39 is 0 Å². The van der Waals surface area contributed by atoms with Gasteiger partial charge in [-0.3, -0.25) is 9.80 Å². The Hall–Kier alpha value is -0.0800. The van der Waals surface area contributed by atoms with Gasteiger partial charge in [0.15, 0.2) is 0 Å². The van der Waals surface area contributed by atoms with E-state index in [1.807, 2.05) is 0 Å². The first-order valence-corrected chi connectivity index (χ1v) is 14.3. The van der Waals surface area contributed by atoms with Crippen molar-refractivity contribution in [3.63, 3.8) is 0 Å². The lowest BCUT2D eigenvalue weighted by Gasteiger charge is -2.44. The standard InChI is InChI=1S/C28H48N2/c1-3-29-26-12-8-6-10-22(26)24-17-19(14-16-27(24)29)20-13-15-23-21-9-5-7-11-25(21)30(4-2)28(23)18-20/h19-28H,3-18H2,1-2H3. The number of rotatable bonds is 3. The van der Waals surface area contributed by atoms with Gasteiger partial charge < -0.3 is 0 Å². The maximum Gasteiger partial charge on any atom is 0.0132 e. The number of nitrogens with zero attached hydrogens (tertiary/aromatic N) is 2. The Bertz CT molecular complexity index is 545. The number of hydrogen-bond acceptors (Lipinski definition) is 2. The smallest absolute Gasteiger partial charge is 0.0132 e. The first kappa shape index (κ1) is 20.5. The molecular formula is C28H48N2. The number of fused-ring (bicyclic) bond motifs is 6. The zero-order valence-corrected chi connectivity index (χ0v) is 20.0. The molecule has 0 radical (unpaired) electrons. The maximum absolute atomic E-state index is 3.03. The maximum atomic E-state index is 3.03. The van der Waals surface area contributed by atoms with Crippen LogP contribution >= 0.6 is 0 Å². The molecule has 0 bridgehead atoms. The first-order chi connectivity index (χ1) is 14.8. The molecule has 0 aromatic rings. The van der Waals surface area contributed by atoms with E-state index in [4.69, 9.17) is 0 Å². The molecule has 170 valence electrons. The lowest BCUT2D eigenvalue weighted by Crippen LogP contribution is -2.44. The van der Waals surface area contributed by atoms with Crippen LogP contribution < -0.4 is 0 Å². The normalized spacial score (nSPS) is 51.8. The van der Waals surface area contributed by atoms with Crippen LogP contribution in [0.15, 0.2) is 0 Å². The lowest BCUT2D eigenvalue weighted by atomic mass is 9.63. The fraction of sp³-hybridized carbons (Fsp3) is 1.00. The minimum Gasteiger partial charge on any atom is -0.297 e. The fourth-order valence-corrected chi connectivity index (χ4v) is 10.6. The molecule has 0 spiro atoms. The van der Waals surface area contributed by atoms with E-state index in [2.05, 4.69) is 23.6 Å². The second-order valence-electron chi connectivity index (χ2n) is 12.3. The topological polar surface area (TPSA) is 6.48 Å². The minimum atomic E-state index is 0.956. The Morgan fingerprint density at radius 2 is 0.967 bits per heavy atom. The molecular weight excluding hydrogens is 364 g/mol. The largest absolute Gasteiger partial charge is 0.297 e. The van der Waals surface area contributed by atoms with Crippen molar-refractivity contribution in [1.29, 1.82) is 0 Å². The zero-order chi connectivity index (χ0) is 20.2. The molecule has 10 unspecified atom stereocenters. The van der Waals surface area contributed by atoms with E-state index in [1.165, 1.54) is 58.0 Å². The van der Waals surface area contributed by atoms with Gasteiger partial charge in [0.2, 0.25) is 0 Å². The van der Waals surface area contributed by atoms with Crippen molar-refractivity contribution in [3.8, 4) is 0 Å². The summed E-state index contributed by atoms with van der Waals surface area (Å²) in [6, 6.07) is 3.83. The Morgan fingerprint density at radius 1 is 0.467 bits per heavy atom. The molecule has 2 aliphatic heterocycles. The highest BCUT2D eigenvalue weighted by Gasteiger charge is 2.54. The zero-order valence-electron chi connectivity index (χ0n) is 20.0. The van der Waals surface area contributed by atoms with E-state index in [1.54, 1.807) is 44.9 Å². The monoisotopic (exact) mass is 412 g/mol. The van der Waals surface area contributed by atoms with Crippen LogP contribution in [0.5, 0.6) is 0 Å². The summed E-state index contributed by atoms with van der Waals surface area (Å²) in [5, 5.41) is 0. The van der Waals surface area contributed by atoms with Crippen LogP contribution in [0, 0.1) is 35.5 Å². The summed E-state index contributed by atoms with van der Waals surface area (Å²) >= 11 is 0. The Morgan fingerprint density at radius 3 is 1.67 bits per heavy atom. The number of hydrogen-bond donors (Lipinski definition) is 0. The van der Waals surface area contributed by atoms with Crippen LogP contribution in [0.25, 0.3) is 0 Å². The predicted octanol–water partition coefficient (Wildman–Crippen LogP) is 6.34. The van der Waals surface area contributed by atoms with E-state index in [0.717, 1.165) is 59.7 Å². The van der Waals surface area contributed by atoms with Gasteiger partial charge in [-0.05, 0) is 113 Å². The van der Waals surface area contributed by atoms with Gasteiger partial charge in [-0.25, -0.2) is 0 Å². The van der Waals surface area contributed by atoms with E-state index in [9.17, 15) is 0 Å². The summed E-state index contributed by atoms with van der Waals surface area (Å²) in [4.78, 5) is 6.01. The molecule has 10 atom stereocenters. The van der Waals surface area contributed by atoms with Crippen LogP contribution in [-0.4, -0.2) is 47.1 Å². The van der Waals surface area contributed by atoms with Gasteiger partial charge in [0, 0.05) is 24.2 Å². The summed E-state index contributed by atoms with van der Waals surface area (Å²) in [5.74, 6) is 6.36. The Balaban J connectivity index is 1.16. The van der Waals surface area contributed by atoms with E-state index in [-0.39, 0.29) is 0 Å². The van der Waals surface area contributed by atoms with Crippen molar-refractivity contribution in [1.82, 2.24) is 9.80 Å². The molecule has 2 saturated heterocycles. The average molecular weight is 413 g/mol. The first-order valence-electron chi connectivity index (χ1n) is 14.3. The van der Waals surface area contributed by atoms with Crippen molar-refractivity contribution in [2.45, 2.75) is 128 Å². The fourth-order valence-electron chi connectivity index (χ4n) is 10.6. The summed E-state index contributed by atoms with van der Waals surface area (Å²) in [6.07, 6.45) is 21.6. The van der Waals surface area contributed by atoms with Gasteiger partial charge in [0.05, 0.1) is 0 Å². The SMILES string of the molecule is CCN1C2CCCCC2C2CC(C3CCC4C5CCCCC5N(CC)C4C3)CCC21. The molecule has 6 fully saturated rings. The van der Waals surface area contributed by atoms with Crippen LogP contribution in [0.4, 0.5) is 0 Å². The molecule has 4 saturated carbocycles. The minimum absolute atomic E-state index is 0.956. The van der Waals surface area contributed by atoms with Gasteiger partial charge in [-0.1, -0.05) is 39.5 Å². The molecule has 6 aliphatic rings. The Labute approximate surface area is 186 Å². The third-order valence-electron chi connectivity index (χ3n) is 11.6. The molecule has 0 aromatic carbocycles. The second-order valence-corrected chi connectivity index (χ2v) is 12.3. The Kier molecular flexibility index (Phi) is 5.72. The highest BCUT2D eigenvalue weighted by Crippen LogP contribution is 2.55. The van der Waals surface area contributed by atoms with Crippen LogP contribution in [0.1, 0.15) is 104 Å². The van der Waals surface area contributed by atoms with Gasteiger partial charge in [0.1, 0.15) is 0 Å². The van der Waals surface area contributed by atoms with Crippen LogP contribution in [-0.2, 0) is 0 Å². The van der Waals surface area contributed by atoms with Crippen molar-refractivity contribution >= 4 is 0 Å². The third-order valence-corrected chi connectivity index (χ3v) is 11.6. The highest BCUT2D eigenvalue weighted by atomic mass is 15.2. The average Bonchev–Trinajstić information content (AvgIpc) is 3.30. The van der Waals surface area contributed by atoms with Gasteiger partial charge >= 0.3 is 0 Å². The van der Waals surface area contributed by atoms with Crippen molar-refractivity contribution < 1.29 is 0 Å². The summed E-state index contributed by atoms with van der Waals surface area (Å²) in [7, 11) is 0. The summed E-state index contributed by atoms with van der Waals surface area (Å²) < 4.78 is 0. The second kappa shape index (κ2) is 8.36. The van der Waals surface area contributed by atoms with Crippen LogP contribution in [0.3, 0.4) is 0 Å². The summed E-state index contributed by atoms with van der Waals surface area (Å²) in [5.41, 5.74) is 0. The van der Waals surface area contributed by atoms with Crippen molar-refractivity contribution in [3.05, 3.63) is 0 Å². The van der Waals surface area contributed by atoms with Crippen molar-refractivity contribution in [2.75, 3.05) is 13.1 Å². The molecule has 0 aromatic heterocycles. The van der Waals surface area contributed by atoms with Gasteiger partial charge in [0.25, 0.3) is 0 Å².